The summed E-state index contributed by atoms with van der Waals surface area (Å²) in [5, 5.41) is 10.1. The van der Waals surface area contributed by atoms with Gasteiger partial charge in [0.2, 0.25) is 0 Å². The lowest BCUT2D eigenvalue weighted by Gasteiger charge is -2.08. The monoisotopic (exact) mass is 362 g/mol. The van der Waals surface area contributed by atoms with Gasteiger partial charge in [0.1, 0.15) is 22.8 Å². The molecule has 3 aromatic rings. The number of aromatic hydroxyl groups is 1. The second-order valence-corrected chi connectivity index (χ2v) is 6.14. The number of phenolic OH excluding ortho intramolecular Hbond substituents is 1. The molecular formula is C22H18O5. The van der Waals surface area contributed by atoms with E-state index in [-0.39, 0.29) is 16.9 Å². The molecule has 5 nitrogen and oxygen atoms in total. The van der Waals surface area contributed by atoms with Crippen molar-refractivity contribution in [2.75, 3.05) is 0 Å². The summed E-state index contributed by atoms with van der Waals surface area (Å²) in [6.45, 7) is 3.85. The molecule has 27 heavy (non-hydrogen) atoms. The third-order valence-corrected chi connectivity index (χ3v) is 3.92. The second kappa shape index (κ2) is 7.74. The number of hydrogen-bond acceptors (Lipinski definition) is 5. The van der Waals surface area contributed by atoms with E-state index in [1.807, 2.05) is 38.1 Å². The lowest BCUT2D eigenvalue weighted by molar-refractivity contribution is 0.0717. The van der Waals surface area contributed by atoms with Crippen molar-refractivity contribution in [3.05, 3.63) is 89.0 Å². The highest BCUT2D eigenvalue weighted by Crippen LogP contribution is 2.23. The molecule has 0 aliphatic carbocycles. The fraction of sp³-hybridized carbons (Fsp3) is 0.0909. The second-order valence-electron chi connectivity index (χ2n) is 6.14. The van der Waals surface area contributed by atoms with Gasteiger partial charge in [-0.3, -0.25) is 0 Å². The summed E-state index contributed by atoms with van der Waals surface area (Å²) < 4.78 is 10.5. The van der Waals surface area contributed by atoms with E-state index in [1.165, 1.54) is 18.2 Å². The van der Waals surface area contributed by atoms with Gasteiger partial charge in [0.25, 0.3) is 0 Å². The van der Waals surface area contributed by atoms with Crippen LogP contribution in [-0.2, 0) is 0 Å². The Morgan fingerprint density at radius 3 is 1.67 bits per heavy atom. The van der Waals surface area contributed by atoms with Gasteiger partial charge in [0, 0.05) is 0 Å². The van der Waals surface area contributed by atoms with Crippen LogP contribution in [0.1, 0.15) is 31.8 Å². The Bertz CT molecular complexity index is 973. The predicted molar refractivity (Wildman–Crippen MR) is 100 cm³/mol. The maximum Gasteiger partial charge on any atom is 0.347 e. The summed E-state index contributed by atoms with van der Waals surface area (Å²) in [6, 6.07) is 17.9. The van der Waals surface area contributed by atoms with Crippen LogP contribution in [0.25, 0.3) is 0 Å². The van der Waals surface area contributed by atoms with E-state index in [1.54, 1.807) is 24.3 Å². The molecule has 0 heterocycles. The molecule has 0 aromatic heterocycles. The van der Waals surface area contributed by atoms with Gasteiger partial charge in [-0.2, -0.15) is 0 Å². The Kier molecular flexibility index (Phi) is 5.22. The van der Waals surface area contributed by atoms with Gasteiger partial charge in [-0.15, -0.1) is 0 Å². The van der Waals surface area contributed by atoms with Crippen molar-refractivity contribution in [1.29, 1.82) is 0 Å². The topological polar surface area (TPSA) is 72.8 Å². The Hall–Kier alpha value is -3.60. The van der Waals surface area contributed by atoms with Gasteiger partial charge in [-0.25, -0.2) is 9.59 Å². The Morgan fingerprint density at radius 2 is 1.19 bits per heavy atom. The number of ether oxygens (including phenoxy) is 2. The van der Waals surface area contributed by atoms with Crippen molar-refractivity contribution in [2.45, 2.75) is 13.8 Å². The van der Waals surface area contributed by atoms with Crippen LogP contribution in [0, 0.1) is 13.8 Å². The molecule has 136 valence electrons. The van der Waals surface area contributed by atoms with E-state index in [9.17, 15) is 14.7 Å². The minimum atomic E-state index is -0.713. The van der Waals surface area contributed by atoms with E-state index in [0.717, 1.165) is 11.1 Å². The van der Waals surface area contributed by atoms with E-state index in [0.29, 0.717) is 11.5 Å². The van der Waals surface area contributed by atoms with Crippen LogP contribution in [0.4, 0.5) is 0 Å². The summed E-state index contributed by atoms with van der Waals surface area (Å²) in [7, 11) is 0. The molecule has 0 radical (unpaired) electrons. The van der Waals surface area contributed by atoms with E-state index < -0.39 is 11.9 Å². The summed E-state index contributed by atoms with van der Waals surface area (Å²) in [5.74, 6) is -0.936. The molecule has 1 N–H and O–H groups in total. The maximum absolute atomic E-state index is 12.2. The van der Waals surface area contributed by atoms with Crippen LogP contribution in [0.3, 0.4) is 0 Å². The molecular weight excluding hydrogens is 344 g/mol. The van der Waals surface area contributed by atoms with Gasteiger partial charge < -0.3 is 14.6 Å². The van der Waals surface area contributed by atoms with Crippen molar-refractivity contribution in [3.8, 4) is 17.2 Å². The van der Waals surface area contributed by atoms with Crippen molar-refractivity contribution in [2.24, 2.45) is 0 Å². The number of esters is 2. The summed E-state index contributed by atoms with van der Waals surface area (Å²) >= 11 is 0. The summed E-state index contributed by atoms with van der Waals surface area (Å²) in [5.41, 5.74) is 2.17. The standard InChI is InChI=1S/C22H18O5/c1-14-3-8-17(9-4-14)26-21(24)16-7-12-19(20(23)13-16)22(25)27-18-10-5-15(2)6-11-18/h3-13,23H,1-2H3. The number of hydrogen-bond donors (Lipinski definition) is 1. The molecule has 0 bridgehead atoms. The average Bonchev–Trinajstić information content (AvgIpc) is 2.65. The van der Waals surface area contributed by atoms with Crippen LogP contribution in [0.15, 0.2) is 66.7 Å². The third-order valence-electron chi connectivity index (χ3n) is 3.92. The average molecular weight is 362 g/mol. The molecule has 3 aromatic carbocycles. The number of carbonyl (C=O) groups excluding carboxylic acids is 2. The van der Waals surface area contributed by atoms with Crippen molar-refractivity contribution in [3.63, 3.8) is 0 Å². The first-order valence-electron chi connectivity index (χ1n) is 8.33. The predicted octanol–water partition coefficient (Wildman–Crippen LogP) is 4.45. The van der Waals surface area contributed by atoms with Crippen molar-refractivity contribution in [1.82, 2.24) is 0 Å². The minimum absolute atomic E-state index is 0.0394. The number of carbonyl (C=O) groups is 2. The van der Waals surface area contributed by atoms with Gasteiger partial charge in [0.05, 0.1) is 5.56 Å². The first kappa shape index (κ1) is 18.2. The molecule has 0 fully saturated rings. The van der Waals surface area contributed by atoms with Crippen LogP contribution >= 0.6 is 0 Å². The third kappa shape index (κ3) is 4.52. The zero-order valence-corrected chi connectivity index (χ0v) is 14.9. The number of rotatable bonds is 4. The molecule has 0 spiro atoms. The lowest BCUT2D eigenvalue weighted by Crippen LogP contribution is -2.11. The fourth-order valence-electron chi connectivity index (χ4n) is 2.37. The number of aryl methyl sites for hydroxylation is 2. The quantitative estimate of drug-likeness (QED) is 0.548. The smallest absolute Gasteiger partial charge is 0.347 e. The van der Waals surface area contributed by atoms with Crippen molar-refractivity contribution >= 4 is 11.9 Å². The molecule has 0 saturated heterocycles. The minimum Gasteiger partial charge on any atom is -0.507 e. The van der Waals surface area contributed by atoms with E-state index >= 15 is 0 Å². The van der Waals surface area contributed by atoms with Crippen molar-refractivity contribution < 1.29 is 24.2 Å². The van der Waals surface area contributed by atoms with Crippen LogP contribution in [0.5, 0.6) is 17.2 Å². The normalized spacial score (nSPS) is 10.3. The van der Waals surface area contributed by atoms with E-state index in [2.05, 4.69) is 0 Å². The highest BCUT2D eigenvalue weighted by molar-refractivity contribution is 5.97. The first-order valence-corrected chi connectivity index (χ1v) is 8.33. The molecule has 5 heteroatoms. The van der Waals surface area contributed by atoms with E-state index in [4.69, 9.17) is 9.47 Å². The number of benzene rings is 3. The number of phenols is 1. The summed E-state index contributed by atoms with van der Waals surface area (Å²) in [4.78, 5) is 24.4. The van der Waals surface area contributed by atoms with Crippen LogP contribution in [0.2, 0.25) is 0 Å². The van der Waals surface area contributed by atoms with Gasteiger partial charge >= 0.3 is 11.9 Å². The largest absolute Gasteiger partial charge is 0.507 e. The molecule has 0 atom stereocenters. The SMILES string of the molecule is Cc1ccc(OC(=O)c2ccc(C(=O)Oc3ccc(C)cc3)c(O)c2)cc1. The van der Waals surface area contributed by atoms with Gasteiger partial charge in [-0.05, 0) is 56.3 Å². The lowest BCUT2D eigenvalue weighted by atomic mass is 10.1. The molecule has 0 amide bonds. The molecule has 0 aliphatic heterocycles. The highest BCUT2D eigenvalue weighted by atomic mass is 16.5. The fourth-order valence-corrected chi connectivity index (χ4v) is 2.37. The zero-order valence-electron chi connectivity index (χ0n) is 14.9. The Labute approximate surface area is 156 Å². The van der Waals surface area contributed by atoms with Gasteiger partial charge in [0.15, 0.2) is 0 Å². The zero-order chi connectivity index (χ0) is 19.4. The molecule has 0 unspecified atom stereocenters. The molecule has 0 saturated carbocycles. The van der Waals surface area contributed by atoms with Crippen LogP contribution in [-0.4, -0.2) is 17.0 Å². The Morgan fingerprint density at radius 1 is 0.704 bits per heavy atom. The van der Waals surface area contributed by atoms with Crippen LogP contribution < -0.4 is 9.47 Å². The van der Waals surface area contributed by atoms with Gasteiger partial charge in [-0.1, -0.05) is 35.4 Å². The summed E-state index contributed by atoms with van der Waals surface area (Å²) in [6.07, 6.45) is 0. The highest BCUT2D eigenvalue weighted by Gasteiger charge is 2.17. The Balaban J connectivity index is 1.72. The molecule has 3 rings (SSSR count). The first-order chi connectivity index (χ1) is 12.9. The molecule has 0 aliphatic rings. The maximum atomic E-state index is 12.2.